The van der Waals surface area contributed by atoms with Crippen molar-refractivity contribution in [2.45, 2.75) is 76.4 Å². The van der Waals surface area contributed by atoms with Crippen LogP contribution in [0.5, 0.6) is 0 Å². The van der Waals surface area contributed by atoms with Crippen molar-refractivity contribution in [3.8, 4) is 0 Å². The van der Waals surface area contributed by atoms with Crippen LogP contribution >= 0.6 is 0 Å². The van der Waals surface area contributed by atoms with E-state index in [0.29, 0.717) is 18.4 Å². The molecule has 9 atom stereocenters. The number of alkyl halides is 1. The number of Topliss-reactive ketones (excluding diaryl/α,β-unsaturated/α-hetero) is 1. The minimum absolute atomic E-state index is 0.136. The van der Waals surface area contributed by atoms with E-state index in [4.69, 9.17) is 9.84 Å². The Morgan fingerprint density at radius 3 is 2.61 bits per heavy atom. The lowest BCUT2D eigenvalue weighted by molar-refractivity contribution is -0.164. The third-order valence-corrected chi connectivity index (χ3v) is 9.49. The molecule has 5 rings (SSSR count). The molecule has 3 saturated carbocycles. The van der Waals surface area contributed by atoms with Crippen molar-refractivity contribution in [3.63, 3.8) is 0 Å². The van der Waals surface area contributed by atoms with E-state index < -0.39 is 40.0 Å². The molecule has 0 amide bonds. The van der Waals surface area contributed by atoms with Crippen LogP contribution in [-0.4, -0.2) is 51.2 Å². The average molecular weight is 432 g/mol. The molecule has 0 aromatic heterocycles. The van der Waals surface area contributed by atoms with Crippen LogP contribution in [0.1, 0.15) is 52.9 Å². The number of hydrogen-bond donors (Lipinski definition) is 2. The minimum atomic E-state index is -1.66. The number of carboxylic acids is 1. The van der Waals surface area contributed by atoms with Gasteiger partial charge >= 0.3 is 5.97 Å². The summed E-state index contributed by atoms with van der Waals surface area (Å²) in [5, 5.41) is 20.8. The fraction of sp³-hybridized carbons (Fsp3) is 0.708. The van der Waals surface area contributed by atoms with Crippen molar-refractivity contribution in [3.05, 3.63) is 23.8 Å². The maximum atomic E-state index is 15.4. The molecule has 7 heteroatoms. The molecule has 1 heterocycles. The third kappa shape index (κ3) is 2.31. The molecule has 2 N–H and O–H groups in total. The van der Waals surface area contributed by atoms with E-state index in [1.807, 2.05) is 20.8 Å². The lowest BCUT2D eigenvalue weighted by Crippen LogP contribution is -2.63. The molecule has 1 spiro atoms. The van der Waals surface area contributed by atoms with E-state index >= 15 is 4.39 Å². The predicted molar refractivity (Wildman–Crippen MR) is 108 cm³/mol. The Hall–Kier alpha value is -1.86. The lowest BCUT2D eigenvalue weighted by Gasteiger charge is -2.56. The van der Waals surface area contributed by atoms with Crippen molar-refractivity contribution in [1.82, 2.24) is 0 Å². The first-order valence-corrected chi connectivity index (χ1v) is 11.2. The highest BCUT2D eigenvalue weighted by molar-refractivity contribution is 6.01. The van der Waals surface area contributed by atoms with Crippen LogP contribution in [0.3, 0.4) is 0 Å². The maximum absolute atomic E-state index is 15.4. The SMILES string of the molecule is CC1C[C@H]2[C@@H]3CC(F)C4=CC(=O)C=C[C@]4(C)[C@]34OC4C[C@]2(C)[C@@]1(O)C(=O)CCC(=O)O. The van der Waals surface area contributed by atoms with Gasteiger partial charge in [0, 0.05) is 17.3 Å². The standard InChI is InChI=1S/C24H29FO6/c1-12-8-14-15-10-17(25)16-9-13(26)6-7-21(16,2)24(15)19(31-24)11-22(14,3)23(12,30)18(27)4-5-20(28)29/h6-7,9,12,14-15,17,19,30H,4-5,8,10-11H2,1-3H3,(H,28,29)/t12?,14-,15-,17?,19?,21-,22-,23-,24-/m0/s1. The molecule has 0 radical (unpaired) electrons. The molecule has 4 aliphatic carbocycles. The first-order chi connectivity index (χ1) is 14.4. The molecule has 1 saturated heterocycles. The van der Waals surface area contributed by atoms with Crippen LogP contribution in [0.4, 0.5) is 4.39 Å². The summed E-state index contributed by atoms with van der Waals surface area (Å²) in [5.74, 6) is -2.42. The van der Waals surface area contributed by atoms with Gasteiger partial charge in [-0.25, -0.2) is 4.39 Å². The van der Waals surface area contributed by atoms with Crippen LogP contribution in [0.15, 0.2) is 23.8 Å². The molecule has 5 aliphatic rings. The van der Waals surface area contributed by atoms with Crippen LogP contribution in [-0.2, 0) is 19.1 Å². The summed E-state index contributed by atoms with van der Waals surface area (Å²) >= 11 is 0. The predicted octanol–water partition coefficient (Wildman–Crippen LogP) is 2.78. The number of carbonyl (C=O) groups excluding carboxylic acids is 2. The number of aliphatic carboxylic acids is 1. The van der Waals surface area contributed by atoms with Gasteiger partial charge in [0.25, 0.3) is 0 Å². The maximum Gasteiger partial charge on any atom is 0.303 e. The van der Waals surface area contributed by atoms with Gasteiger partial charge in [-0.1, -0.05) is 19.9 Å². The molecule has 6 nitrogen and oxygen atoms in total. The quantitative estimate of drug-likeness (QED) is 0.662. The van der Waals surface area contributed by atoms with E-state index in [2.05, 4.69) is 0 Å². The monoisotopic (exact) mass is 432 g/mol. The number of rotatable bonds is 4. The van der Waals surface area contributed by atoms with Gasteiger partial charge in [0.15, 0.2) is 11.6 Å². The molecule has 3 unspecified atom stereocenters. The number of aliphatic hydroxyl groups is 1. The van der Waals surface area contributed by atoms with E-state index in [0.717, 1.165) is 0 Å². The highest BCUT2D eigenvalue weighted by Crippen LogP contribution is 2.76. The van der Waals surface area contributed by atoms with E-state index in [-0.39, 0.29) is 48.9 Å². The highest BCUT2D eigenvalue weighted by atomic mass is 19.1. The number of ether oxygens (including phenoxy) is 1. The van der Waals surface area contributed by atoms with Crippen LogP contribution in [0, 0.1) is 28.6 Å². The van der Waals surface area contributed by atoms with Gasteiger partial charge in [-0.2, -0.15) is 0 Å². The number of carboxylic acid groups (broad SMARTS) is 1. The Balaban J connectivity index is 1.55. The molecule has 0 bridgehead atoms. The number of halogens is 1. The zero-order valence-corrected chi connectivity index (χ0v) is 18.1. The van der Waals surface area contributed by atoms with E-state index in [9.17, 15) is 19.5 Å². The smallest absolute Gasteiger partial charge is 0.303 e. The first-order valence-electron chi connectivity index (χ1n) is 11.2. The first kappa shape index (κ1) is 21.0. The van der Waals surface area contributed by atoms with E-state index in [1.54, 1.807) is 6.08 Å². The Bertz CT molecular complexity index is 956. The number of ketones is 2. The zero-order chi connectivity index (χ0) is 22.6. The fourth-order valence-corrected chi connectivity index (χ4v) is 7.98. The summed E-state index contributed by atoms with van der Waals surface area (Å²) in [5.41, 5.74) is -3.36. The topological polar surface area (TPSA) is 104 Å². The Kier molecular flexibility index (Phi) is 4.16. The normalized spacial score (nSPS) is 51.8. The molecule has 1 aliphatic heterocycles. The van der Waals surface area contributed by atoms with Gasteiger partial charge in [0.1, 0.15) is 17.4 Å². The second kappa shape index (κ2) is 6.13. The highest BCUT2D eigenvalue weighted by Gasteiger charge is 2.82. The van der Waals surface area contributed by atoms with Crippen molar-refractivity contribution >= 4 is 17.5 Å². The summed E-state index contributed by atoms with van der Waals surface area (Å²) in [6.07, 6.45) is 3.82. The molecule has 0 aromatic rings. The van der Waals surface area contributed by atoms with E-state index in [1.165, 1.54) is 12.2 Å². The van der Waals surface area contributed by atoms with Gasteiger partial charge in [-0.15, -0.1) is 0 Å². The van der Waals surface area contributed by atoms with Gasteiger partial charge in [-0.3, -0.25) is 14.4 Å². The average Bonchev–Trinajstić information content (AvgIpc) is 3.38. The Labute approximate surface area is 180 Å². The summed E-state index contributed by atoms with van der Waals surface area (Å²) in [4.78, 5) is 36.1. The van der Waals surface area contributed by atoms with Crippen LogP contribution in [0.25, 0.3) is 0 Å². The summed E-state index contributed by atoms with van der Waals surface area (Å²) in [6.45, 7) is 5.67. The summed E-state index contributed by atoms with van der Waals surface area (Å²) in [7, 11) is 0. The second-order valence-electron chi connectivity index (χ2n) is 10.7. The number of fused-ring (bicyclic) bond motifs is 3. The second-order valence-corrected chi connectivity index (χ2v) is 10.7. The van der Waals surface area contributed by atoms with Crippen molar-refractivity contribution in [1.29, 1.82) is 0 Å². The van der Waals surface area contributed by atoms with Gasteiger partial charge in [0.2, 0.25) is 0 Å². The van der Waals surface area contributed by atoms with Crippen molar-refractivity contribution < 1.29 is 33.7 Å². The number of hydrogen-bond acceptors (Lipinski definition) is 5. The fourth-order valence-electron chi connectivity index (χ4n) is 7.98. The number of allylic oxidation sites excluding steroid dienone is 2. The molecule has 168 valence electrons. The molecular formula is C24H29FO6. The molecule has 0 aromatic carbocycles. The third-order valence-electron chi connectivity index (χ3n) is 9.49. The van der Waals surface area contributed by atoms with Crippen LogP contribution in [0.2, 0.25) is 0 Å². The van der Waals surface area contributed by atoms with Crippen LogP contribution < -0.4 is 0 Å². The summed E-state index contributed by atoms with van der Waals surface area (Å²) in [6, 6.07) is 0. The molecular weight excluding hydrogens is 403 g/mol. The van der Waals surface area contributed by atoms with Crippen molar-refractivity contribution in [2.75, 3.05) is 0 Å². The Morgan fingerprint density at radius 1 is 1.23 bits per heavy atom. The largest absolute Gasteiger partial charge is 0.481 e. The molecule has 31 heavy (non-hydrogen) atoms. The Morgan fingerprint density at radius 2 is 1.94 bits per heavy atom. The van der Waals surface area contributed by atoms with Crippen molar-refractivity contribution in [2.24, 2.45) is 28.6 Å². The number of epoxide rings is 1. The zero-order valence-electron chi connectivity index (χ0n) is 18.1. The lowest BCUT2D eigenvalue weighted by atomic mass is 9.46. The minimum Gasteiger partial charge on any atom is -0.481 e. The summed E-state index contributed by atoms with van der Waals surface area (Å²) < 4.78 is 21.8. The molecule has 4 fully saturated rings. The van der Waals surface area contributed by atoms with Gasteiger partial charge in [-0.05, 0) is 61.7 Å². The van der Waals surface area contributed by atoms with Gasteiger partial charge in [0.05, 0.1) is 12.5 Å². The van der Waals surface area contributed by atoms with Gasteiger partial charge < -0.3 is 14.9 Å². The number of carbonyl (C=O) groups is 3.